The summed E-state index contributed by atoms with van der Waals surface area (Å²) in [5.74, 6) is 1.11. The third kappa shape index (κ3) is 4.16. The normalized spacial score (nSPS) is 29.2. The summed E-state index contributed by atoms with van der Waals surface area (Å²) >= 11 is 12.7. The maximum absolute atomic E-state index is 14.1. The van der Waals surface area contributed by atoms with Gasteiger partial charge in [0.1, 0.15) is 5.54 Å². The van der Waals surface area contributed by atoms with Crippen LogP contribution in [0.2, 0.25) is 10.0 Å². The number of nitrogens with one attached hydrogen (secondary N) is 2. The molecule has 0 spiro atoms. The van der Waals surface area contributed by atoms with E-state index in [9.17, 15) is 9.59 Å². The van der Waals surface area contributed by atoms with Crippen molar-refractivity contribution >= 4 is 40.7 Å². The number of hydrogen-bond acceptors (Lipinski definition) is 3. The van der Waals surface area contributed by atoms with Crippen LogP contribution >= 0.6 is 23.2 Å². The van der Waals surface area contributed by atoms with Gasteiger partial charge in [-0.15, -0.1) is 0 Å². The summed E-state index contributed by atoms with van der Waals surface area (Å²) in [5.41, 5.74) is 1.60. The van der Waals surface area contributed by atoms with E-state index in [1.165, 1.54) is 19.3 Å². The lowest BCUT2D eigenvalue weighted by molar-refractivity contribution is -0.136. The van der Waals surface area contributed by atoms with Gasteiger partial charge >= 0.3 is 0 Å². The molecule has 3 aliphatic carbocycles. The molecule has 0 radical (unpaired) electrons. The van der Waals surface area contributed by atoms with Crippen LogP contribution in [0, 0.1) is 11.8 Å². The Balaban J connectivity index is 1.45. The second-order valence-electron chi connectivity index (χ2n) is 10.9. The molecule has 35 heavy (non-hydrogen) atoms. The molecule has 2 aromatic carbocycles. The molecule has 1 aliphatic heterocycles. The third-order valence-electron chi connectivity index (χ3n) is 8.78. The Morgan fingerprint density at radius 1 is 1.06 bits per heavy atom. The number of hydrogen-bond donors (Lipinski definition) is 2. The zero-order valence-corrected chi connectivity index (χ0v) is 21.2. The summed E-state index contributed by atoms with van der Waals surface area (Å²) < 4.78 is 0. The van der Waals surface area contributed by atoms with Crippen molar-refractivity contribution in [1.29, 1.82) is 0 Å². The molecule has 2 aromatic rings. The topological polar surface area (TPSA) is 61.4 Å². The van der Waals surface area contributed by atoms with Gasteiger partial charge in [-0.1, -0.05) is 47.8 Å². The van der Waals surface area contributed by atoms with E-state index in [1.807, 2.05) is 42.5 Å². The Hall–Kier alpha value is -2.08. The molecule has 0 saturated heterocycles. The van der Waals surface area contributed by atoms with Crippen LogP contribution in [0.15, 0.2) is 42.5 Å². The molecule has 0 aromatic heterocycles. The SMILES string of the molecule is O=C(CN(C1CC2CC[C@@H]1C2)C1(Cc2cccc(Cl)c2)C(=O)Nc2cc(Cl)ccc21)NC1CCC1. The lowest BCUT2D eigenvalue weighted by Crippen LogP contribution is -2.60. The van der Waals surface area contributed by atoms with E-state index in [2.05, 4.69) is 15.5 Å². The van der Waals surface area contributed by atoms with Gasteiger partial charge in [-0.05, 0) is 80.2 Å². The van der Waals surface area contributed by atoms with Crippen molar-refractivity contribution in [1.82, 2.24) is 10.2 Å². The molecule has 3 unspecified atom stereocenters. The summed E-state index contributed by atoms with van der Waals surface area (Å²) in [7, 11) is 0. The summed E-state index contributed by atoms with van der Waals surface area (Å²) in [5, 5.41) is 7.56. The van der Waals surface area contributed by atoms with Gasteiger partial charge in [0.2, 0.25) is 11.8 Å². The van der Waals surface area contributed by atoms with E-state index >= 15 is 0 Å². The fraction of sp³-hybridized carbons (Fsp3) is 0.500. The number of anilines is 1. The lowest BCUT2D eigenvalue weighted by Gasteiger charge is -2.46. The van der Waals surface area contributed by atoms with Gasteiger partial charge in [0.05, 0.1) is 6.54 Å². The number of fused-ring (bicyclic) bond motifs is 3. The first-order valence-corrected chi connectivity index (χ1v) is 13.6. The molecule has 3 fully saturated rings. The van der Waals surface area contributed by atoms with Crippen LogP contribution in [0.1, 0.15) is 56.1 Å². The largest absolute Gasteiger partial charge is 0.352 e. The first kappa shape index (κ1) is 23.3. The number of rotatable bonds is 7. The highest BCUT2D eigenvalue weighted by molar-refractivity contribution is 6.31. The standard InChI is InChI=1S/C28H31Cl2N3O2/c29-20-4-1-3-18(12-20)15-28(23-10-9-21(30)14-24(23)32-27(28)35)33(16-26(34)31-22-5-2-6-22)25-13-17-7-8-19(25)11-17/h1,3-4,9-10,12,14,17,19,22,25H,2,5-8,11,13,15-16H2,(H,31,34)(H,32,35)/t17?,19-,25?,28?/m1/s1. The van der Waals surface area contributed by atoms with Gasteiger partial charge in [0.15, 0.2) is 0 Å². The number of amides is 2. The highest BCUT2D eigenvalue weighted by Gasteiger charge is 2.57. The van der Waals surface area contributed by atoms with Crippen LogP contribution < -0.4 is 10.6 Å². The lowest BCUT2D eigenvalue weighted by atomic mass is 9.79. The number of halogens is 2. The van der Waals surface area contributed by atoms with Crippen molar-refractivity contribution in [2.24, 2.45) is 11.8 Å². The fourth-order valence-electron chi connectivity index (χ4n) is 6.94. The van der Waals surface area contributed by atoms with Crippen LogP contribution in [0.3, 0.4) is 0 Å². The molecule has 2 N–H and O–H groups in total. The average molecular weight is 512 g/mol. The van der Waals surface area contributed by atoms with Gasteiger partial charge in [-0.25, -0.2) is 0 Å². The van der Waals surface area contributed by atoms with E-state index in [0.717, 1.165) is 42.5 Å². The molecule has 2 bridgehead atoms. The fourth-order valence-corrected chi connectivity index (χ4v) is 7.33. The Kier molecular flexibility index (Phi) is 6.06. The number of benzene rings is 2. The summed E-state index contributed by atoms with van der Waals surface area (Å²) in [6.45, 7) is 0.209. The Morgan fingerprint density at radius 2 is 1.89 bits per heavy atom. The first-order valence-electron chi connectivity index (χ1n) is 12.8. The molecule has 184 valence electrons. The van der Waals surface area contributed by atoms with Gasteiger partial charge in [0, 0.05) is 39.8 Å². The van der Waals surface area contributed by atoms with Crippen molar-refractivity contribution in [3.63, 3.8) is 0 Å². The first-order chi connectivity index (χ1) is 16.9. The summed E-state index contributed by atoms with van der Waals surface area (Å²) in [6, 6.07) is 13.8. The van der Waals surface area contributed by atoms with Crippen molar-refractivity contribution in [2.45, 2.75) is 69.0 Å². The molecular weight excluding hydrogens is 481 g/mol. The summed E-state index contributed by atoms with van der Waals surface area (Å²) in [4.78, 5) is 29.7. The maximum atomic E-state index is 14.1. The molecule has 6 rings (SSSR count). The van der Waals surface area contributed by atoms with E-state index in [-0.39, 0.29) is 30.4 Å². The number of carbonyl (C=O) groups excluding carboxylic acids is 2. The summed E-state index contributed by atoms with van der Waals surface area (Å²) in [6.07, 6.45) is 8.32. The molecule has 3 saturated carbocycles. The van der Waals surface area contributed by atoms with Crippen LogP contribution in [0.4, 0.5) is 5.69 Å². The molecule has 5 nitrogen and oxygen atoms in total. The molecule has 2 amide bonds. The second-order valence-corrected chi connectivity index (χ2v) is 11.7. The van der Waals surface area contributed by atoms with Crippen LogP contribution in [-0.4, -0.2) is 35.3 Å². The number of nitrogens with zero attached hydrogens (tertiary/aromatic N) is 1. The molecular formula is C28H31Cl2N3O2. The Morgan fingerprint density at radius 3 is 2.57 bits per heavy atom. The average Bonchev–Trinajstić information content (AvgIpc) is 3.49. The van der Waals surface area contributed by atoms with E-state index in [4.69, 9.17) is 23.2 Å². The quantitative estimate of drug-likeness (QED) is 0.512. The van der Waals surface area contributed by atoms with Crippen molar-refractivity contribution in [3.05, 3.63) is 63.6 Å². The predicted molar refractivity (Wildman–Crippen MR) is 139 cm³/mol. The monoisotopic (exact) mass is 511 g/mol. The van der Waals surface area contributed by atoms with Gasteiger partial charge in [-0.3, -0.25) is 14.5 Å². The highest BCUT2D eigenvalue weighted by Crippen LogP contribution is 2.52. The van der Waals surface area contributed by atoms with Crippen molar-refractivity contribution in [2.75, 3.05) is 11.9 Å². The van der Waals surface area contributed by atoms with Crippen LogP contribution in [-0.2, 0) is 21.5 Å². The maximum Gasteiger partial charge on any atom is 0.249 e. The van der Waals surface area contributed by atoms with E-state index in [0.29, 0.717) is 28.3 Å². The van der Waals surface area contributed by atoms with Crippen LogP contribution in [0.5, 0.6) is 0 Å². The van der Waals surface area contributed by atoms with Crippen molar-refractivity contribution in [3.8, 4) is 0 Å². The van der Waals surface area contributed by atoms with Gasteiger partial charge < -0.3 is 10.6 Å². The zero-order chi connectivity index (χ0) is 24.2. The van der Waals surface area contributed by atoms with Gasteiger partial charge in [-0.2, -0.15) is 0 Å². The predicted octanol–water partition coefficient (Wildman–Crippen LogP) is 5.54. The van der Waals surface area contributed by atoms with Crippen molar-refractivity contribution < 1.29 is 9.59 Å². The minimum atomic E-state index is -1.00. The highest BCUT2D eigenvalue weighted by atomic mass is 35.5. The van der Waals surface area contributed by atoms with Crippen LogP contribution in [0.25, 0.3) is 0 Å². The Labute approximate surface area is 216 Å². The zero-order valence-electron chi connectivity index (χ0n) is 19.7. The van der Waals surface area contributed by atoms with Gasteiger partial charge in [0.25, 0.3) is 0 Å². The number of carbonyl (C=O) groups is 2. The minimum Gasteiger partial charge on any atom is -0.352 e. The smallest absolute Gasteiger partial charge is 0.249 e. The molecule has 1 heterocycles. The molecule has 4 atom stereocenters. The molecule has 7 heteroatoms. The van der Waals surface area contributed by atoms with E-state index < -0.39 is 5.54 Å². The second kappa shape index (κ2) is 9.10. The molecule has 4 aliphatic rings. The van der Waals surface area contributed by atoms with E-state index in [1.54, 1.807) is 0 Å². The minimum absolute atomic E-state index is 0.0122. The third-order valence-corrected chi connectivity index (χ3v) is 9.25. The Bertz CT molecular complexity index is 1170.